The molecule has 2 aromatic carbocycles. The van der Waals surface area contributed by atoms with Crippen molar-refractivity contribution < 1.29 is 0 Å². The lowest BCUT2D eigenvalue weighted by molar-refractivity contribution is 0.573. The van der Waals surface area contributed by atoms with Gasteiger partial charge in [0.1, 0.15) is 5.82 Å². The molecule has 0 atom stereocenters. The number of aromatic amines is 1. The molecule has 0 saturated heterocycles. The number of benzene rings is 2. The van der Waals surface area contributed by atoms with Gasteiger partial charge in [-0.15, -0.1) is 10.2 Å². The van der Waals surface area contributed by atoms with E-state index >= 15 is 0 Å². The van der Waals surface area contributed by atoms with Crippen molar-refractivity contribution in [2.24, 2.45) is 4.99 Å². The minimum atomic E-state index is 0.761. The minimum Gasteiger partial charge on any atom is -0.361 e. The molecule has 0 bridgehead atoms. The average molecular weight is 506 g/mol. The summed E-state index contributed by atoms with van der Waals surface area (Å²) in [5, 5.41) is 11.4. The summed E-state index contributed by atoms with van der Waals surface area (Å²) >= 11 is 5.26. The molecule has 162 valence electrons. The predicted molar refractivity (Wildman–Crippen MR) is 135 cm³/mol. The van der Waals surface area contributed by atoms with Crippen LogP contribution in [0.4, 0.5) is 0 Å². The van der Waals surface area contributed by atoms with E-state index in [9.17, 15) is 0 Å². The van der Waals surface area contributed by atoms with Crippen LogP contribution in [0.5, 0.6) is 0 Å². The molecule has 0 fully saturated rings. The highest BCUT2D eigenvalue weighted by molar-refractivity contribution is 9.10. The highest BCUT2D eigenvalue weighted by Crippen LogP contribution is 2.26. The van der Waals surface area contributed by atoms with Gasteiger partial charge in [-0.1, -0.05) is 64.1 Å². The fraction of sp³-hybridized carbons (Fsp3) is 0.240. The van der Waals surface area contributed by atoms with Gasteiger partial charge in [0.05, 0.1) is 0 Å². The maximum Gasteiger partial charge on any atom is 0.191 e. The number of rotatable bonds is 9. The van der Waals surface area contributed by atoms with E-state index < -0.39 is 0 Å². The topological polar surface area (TPSA) is 58.9 Å². The van der Waals surface area contributed by atoms with Gasteiger partial charge in [-0.3, -0.25) is 4.99 Å². The molecule has 2 aromatic heterocycles. The Hall–Kier alpha value is -2.64. The van der Waals surface area contributed by atoms with Gasteiger partial charge in [0.15, 0.2) is 5.16 Å². The van der Waals surface area contributed by atoms with E-state index in [4.69, 9.17) is 0 Å². The fourth-order valence-corrected chi connectivity index (χ4v) is 5.16. The first-order chi connectivity index (χ1) is 15.8. The van der Waals surface area contributed by atoms with Crippen LogP contribution in [0.25, 0.3) is 10.9 Å². The van der Waals surface area contributed by atoms with Gasteiger partial charge >= 0.3 is 0 Å². The largest absolute Gasteiger partial charge is 0.361 e. The van der Waals surface area contributed by atoms with Crippen molar-refractivity contribution in [3.63, 3.8) is 0 Å². The van der Waals surface area contributed by atoms with Gasteiger partial charge in [0.25, 0.3) is 0 Å². The second-order valence-electron chi connectivity index (χ2n) is 7.85. The van der Waals surface area contributed by atoms with Gasteiger partial charge in [-0.2, -0.15) is 0 Å². The molecule has 3 heterocycles. The minimum absolute atomic E-state index is 0.761. The molecular formula is C25H24BrN5S. The summed E-state index contributed by atoms with van der Waals surface area (Å²) < 4.78 is 3.39. The molecule has 5 nitrogen and oxygen atoms in total. The number of H-pyrrole nitrogens is 1. The molecule has 32 heavy (non-hydrogen) atoms. The SMILES string of the molecule is Brc1ccc(CSc2nnc(Cc3c[nH]c4ccccc34)n2CCCC2=CCC=N2)cc1. The number of nitrogens with one attached hydrogen (secondary N) is 1. The quantitative estimate of drug-likeness (QED) is 0.262. The first kappa shape index (κ1) is 21.2. The molecular weight excluding hydrogens is 482 g/mol. The molecule has 4 aromatic rings. The van der Waals surface area contributed by atoms with Gasteiger partial charge < -0.3 is 9.55 Å². The van der Waals surface area contributed by atoms with Gasteiger partial charge in [0, 0.05) is 58.6 Å². The number of aromatic nitrogens is 4. The van der Waals surface area contributed by atoms with E-state index in [2.05, 4.69) is 101 Å². The summed E-state index contributed by atoms with van der Waals surface area (Å²) in [5.41, 5.74) is 4.88. The summed E-state index contributed by atoms with van der Waals surface area (Å²) in [5.74, 6) is 1.88. The third-order valence-corrected chi connectivity index (χ3v) is 7.20. The second kappa shape index (κ2) is 9.88. The number of hydrogen-bond donors (Lipinski definition) is 1. The molecule has 1 aliphatic rings. The van der Waals surface area contributed by atoms with Crippen molar-refractivity contribution in [1.29, 1.82) is 0 Å². The maximum atomic E-state index is 4.60. The lowest BCUT2D eigenvalue weighted by Gasteiger charge is -2.10. The van der Waals surface area contributed by atoms with Gasteiger partial charge in [-0.25, -0.2) is 0 Å². The zero-order valence-electron chi connectivity index (χ0n) is 17.7. The van der Waals surface area contributed by atoms with Crippen LogP contribution >= 0.6 is 27.7 Å². The smallest absolute Gasteiger partial charge is 0.191 e. The number of hydrogen-bond acceptors (Lipinski definition) is 4. The van der Waals surface area contributed by atoms with E-state index in [-0.39, 0.29) is 0 Å². The fourth-order valence-electron chi connectivity index (χ4n) is 3.95. The summed E-state index contributed by atoms with van der Waals surface area (Å²) in [7, 11) is 0. The Labute approximate surface area is 200 Å². The first-order valence-corrected chi connectivity index (χ1v) is 12.6. The van der Waals surface area contributed by atoms with E-state index in [0.717, 1.165) is 59.0 Å². The van der Waals surface area contributed by atoms with E-state index in [1.54, 1.807) is 11.8 Å². The molecule has 1 N–H and O–H groups in total. The van der Waals surface area contributed by atoms with Gasteiger partial charge in [-0.05, 0) is 42.2 Å². The standard InChI is InChI=1S/C25H24BrN5S/c26-20-11-9-18(10-12-20)17-32-25-30-29-24(31(25)14-4-6-21-5-3-13-27-21)15-19-16-28-23-8-2-1-7-22(19)23/h1-2,5,7-13,16,28H,3-4,6,14-15,17H2. The number of thioether (sulfide) groups is 1. The van der Waals surface area contributed by atoms with Crippen LogP contribution in [-0.4, -0.2) is 26.0 Å². The van der Waals surface area contributed by atoms with Crippen LogP contribution in [0, 0.1) is 0 Å². The molecule has 0 amide bonds. The van der Waals surface area contributed by atoms with Crippen molar-refractivity contribution in [1.82, 2.24) is 19.7 Å². The lowest BCUT2D eigenvalue weighted by Crippen LogP contribution is -2.06. The normalized spacial score (nSPS) is 13.2. The molecule has 1 aliphatic heterocycles. The van der Waals surface area contributed by atoms with E-state index in [1.807, 2.05) is 6.21 Å². The summed E-state index contributed by atoms with van der Waals surface area (Å²) in [6, 6.07) is 16.9. The van der Waals surface area contributed by atoms with Crippen LogP contribution in [-0.2, 0) is 18.7 Å². The summed E-state index contributed by atoms with van der Waals surface area (Å²) in [6.45, 7) is 0.889. The van der Waals surface area contributed by atoms with Crippen LogP contribution in [0.3, 0.4) is 0 Å². The lowest BCUT2D eigenvalue weighted by atomic mass is 10.1. The molecule has 0 spiro atoms. The third kappa shape index (κ3) is 4.89. The molecule has 5 rings (SSSR count). The van der Waals surface area contributed by atoms with Crippen molar-refractivity contribution in [2.75, 3.05) is 0 Å². The van der Waals surface area contributed by atoms with Crippen LogP contribution in [0.15, 0.2) is 81.1 Å². The Morgan fingerprint density at radius 3 is 2.78 bits per heavy atom. The highest BCUT2D eigenvalue weighted by Gasteiger charge is 2.15. The Morgan fingerprint density at radius 1 is 1.06 bits per heavy atom. The Balaban J connectivity index is 1.36. The maximum absolute atomic E-state index is 4.60. The first-order valence-electron chi connectivity index (χ1n) is 10.8. The third-order valence-electron chi connectivity index (χ3n) is 5.63. The number of aliphatic imine (C=N–C) groups is 1. The Bertz CT molecular complexity index is 1270. The molecule has 0 unspecified atom stereocenters. The number of allylic oxidation sites excluding steroid dienone is 2. The number of fused-ring (bicyclic) bond motifs is 1. The van der Waals surface area contributed by atoms with Crippen molar-refractivity contribution >= 4 is 44.8 Å². The second-order valence-corrected chi connectivity index (χ2v) is 9.71. The number of para-hydroxylation sites is 1. The monoisotopic (exact) mass is 505 g/mol. The summed E-state index contributed by atoms with van der Waals surface area (Å²) in [4.78, 5) is 7.84. The van der Waals surface area contributed by atoms with Gasteiger partial charge in [0.2, 0.25) is 0 Å². The Morgan fingerprint density at radius 2 is 1.94 bits per heavy atom. The van der Waals surface area contributed by atoms with Crippen LogP contribution in [0.2, 0.25) is 0 Å². The predicted octanol–water partition coefficient (Wildman–Crippen LogP) is 6.54. The zero-order chi connectivity index (χ0) is 21.8. The number of nitrogens with zero attached hydrogens (tertiary/aromatic N) is 4. The van der Waals surface area contributed by atoms with E-state index in [0.29, 0.717) is 0 Å². The number of halogens is 1. The molecule has 0 aliphatic carbocycles. The van der Waals surface area contributed by atoms with Crippen molar-refractivity contribution in [3.8, 4) is 0 Å². The molecule has 0 saturated carbocycles. The molecule has 0 radical (unpaired) electrons. The van der Waals surface area contributed by atoms with Crippen LogP contribution < -0.4 is 0 Å². The van der Waals surface area contributed by atoms with E-state index in [1.165, 1.54) is 22.2 Å². The summed E-state index contributed by atoms with van der Waals surface area (Å²) in [6.07, 6.45) is 10.0. The molecule has 7 heteroatoms. The van der Waals surface area contributed by atoms with Crippen molar-refractivity contribution in [2.45, 2.75) is 43.1 Å². The average Bonchev–Trinajstić information content (AvgIpc) is 3.56. The van der Waals surface area contributed by atoms with Crippen molar-refractivity contribution in [3.05, 3.63) is 87.9 Å². The van der Waals surface area contributed by atoms with Crippen LogP contribution in [0.1, 0.15) is 36.2 Å². The zero-order valence-corrected chi connectivity index (χ0v) is 20.1. The Kier molecular flexibility index (Phi) is 6.55. The highest BCUT2D eigenvalue weighted by atomic mass is 79.9.